The van der Waals surface area contributed by atoms with Crippen LogP contribution in [0.2, 0.25) is 0 Å². The summed E-state index contributed by atoms with van der Waals surface area (Å²) in [7, 11) is 0. The Bertz CT molecular complexity index is 2410. The van der Waals surface area contributed by atoms with Crippen molar-refractivity contribution < 1.29 is 0 Å². The first-order valence-corrected chi connectivity index (χ1v) is 18.8. The predicted octanol–water partition coefficient (Wildman–Crippen LogP) is 13.3. The van der Waals surface area contributed by atoms with Gasteiger partial charge in [-0.3, -0.25) is 0 Å². The van der Waals surface area contributed by atoms with E-state index in [0.29, 0.717) is 17.8 Å². The number of fused-ring (bicyclic) bond motifs is 9. The molecule has 0 amide bonds. The second-order valence-electron chi connectivity index (χ2n) is 15.0. The van der Waals surface area contributed by atoms with Crippen LogP contribution in [-0.2, 0) is 5.41 Å². The Morgan fingerprint density at radius 2 is 1.12 bits per heavy atom. The van der Waals surface area contributed by atoms with E-state index in [0.717, 1.165) is 17.8 Å². The van der Waals surface area contributed by atoms with Crippen LogP contribution in [0.3, 0.4) is 0 Å². The summed E-state index contributed by atoms with van der Waals surface area (Å²) in [6.45, 7) is 4.67. The first-order chi connectivity index (χ1) is 25.6. The van der Waals surface area contributed by atoms with E-state index in [4.69, 9.17) is 0 Å². The van der Waals surface area contributed by atoms with Gasteiger partial charge in [0.25, 0.3) is 0 Å². The van der Waals surface area contributed by atoms with Crippen molar-refractivity contribution in [2.45, 2.75) is 31.6 Å². The molecule has 1 nitrogen and oxygen atoms in total. The maximum atomic E-state index is 2.51. The molecule has 3 unspecified atom stereocenters. The lowest BCUT2D eigenvalue weighted by Crippen LogP contribution is -2.29. The van der Waals surface area contributed by atoms with E-state index >= 15 is 0 Å². The molecule has 0 aromatic heterocycles. The van der Waals surface area contributed by atoms with Gasteiger partial charge in [0.15, 0.2) is 0 Å². The molecule has 0 fully saturated rings. The summed E-state index contributed by atoms with van der Waals surface area (Å²) in [4.78, 5) is 2.45. The molecule has 0 N–H and O–H groups in total. The molecule has 0 bridgehead atoms. The first kappa shape index (κ1) is 30.9. The molecule has 0 heterocycles. The van der Waals surface area contributed by atoms with Gasteiger partial charge in [-0.1, -0.05) is 159 Å². The molecule has 6 aromatic carbocycles. The number of anilines is 3. The minimum absolute atomic E-state index is 0.323. The minimum Gasteiger partial charge on any atom is -0.310 e. The Morgan fingerprint density at radius 1 is 0.519 bits per heavy atom. The summed E-state index contributed by atoms with van der Waals surface area (Å²) in [5.74, 6) is 1.34. The highest BCUT2D eigenvalue weighted by atomic mass is 15.1. The highest BCUT2D eigenvalue weighted by Crippen LogP contribution is 2.64. The largest absolute Gasteiger partial charge is 0.310 e. The van der Waals surface area contributed by atoms with Crippen LogP contribution in [0.25, 0.3) is 27.8 Å². The lowest BCUT2D eigenvalue weighted by Gasteiger charge is -2.35. The predicted molar refractivity (Wildman–Crippen MR) is 218 cm³/mol. The summed E-state index contributed by atoms with van der Waals surface area (Å²) in [6.07, 6.45) is 14.9. The second-order valence-corrected chi connectivity index (χ2v) is 15.0. The lowest BCUT2D eigenvalue weighted by molar-refractivity contribution is 0.630. The van der Waals surface area contributed by atoms with Crippen LogP contribution in [-0.4, -0.2) is 0 Å². The van der Waals surface area contributed by atoms with E-state index in [9.17, 15) is 0 Å². The lowest BCUT2D eigenvalue weighted by atomic mass is 9.67. The highest BCUT2D eigenvalue weighted by Gasteiger charge is 2.53. The van der Waals surface area contributed by atoms with Gasteiger partial charge in [0.05, 0.1) is 5.41 Å². The highest BCUT2D eigenvalue weighted by molar-refractivity contribution is 5.98. The van der Waals surface area contributed by atoms with Crippen molar-refractivity contribution in [2.24, 2.45) is 11.8 Å². The summed E-state index contributed by atoms with van der Waals surface area (Å²) in [5.41, 5.74) is 18.2. The van der Waals surface area contributed by atoms with E-state index in [1.54, 1.807) is 5.57 Å². The molecular weight excluding hydrogens is 627 g/mol. The Labute approximate surface area is 307 Å². The van der Waals surface area contributed by atoms with Gasteiger partial charge in [0.2, 0.25) is 0 Å². The van der Waals surface area contributed by atoms with Crippen LogP contribution in [0, 0.1) is 11.8 Å². The second kappa shape index (κ2) is 12.1. The molecule has 4 aliphatic carbocycles. The Hall–Kier alpha value is -5.92. The van der Waals surface area contributed by atoms with E-state index < -0.39 is 0 Å². The van der Waals surface area contributed by atoms with Crippen molar-refractivity contribution in [1.82, 2.24) is 0 Å². The number of benzene rings is 6. The van der Waals surface area contributed by atoms with Crippen LogP contribution in [0.4, 0.5) is 17.1 Å². The molecule has 0 saturated carbocycles. The van der Waals surface area contributed by atoms with Gasteiger partial charge in [-0.25, -0.2) is 0 Å². The van der Waals surface area contributed by atoms with Gasteiger partial charge in [0.1, 0.15) is 0 Å². The van der Waals surface area contributed by atoms with Crippen LogP contribution in [0.5, 0.6) is 0 Å². The third-order valence-electron chi connectivity index (χ3n) is 12.0. The molecule has 0 aliphatic heterocycles. The van der Waals surface area contributed by atoms with Crippen LogP contribution in [0.1, 0.15) is 54.0 Å². The molecule has 4 aliphatic rings. The van der Waals surface area contributed by atoms with Crippen molar-refractivity contribution in [3.8, 4) is 22.3 Å². The summed E-state index contributed by atoms with van der Waals surface area (Å²) >= 11 is 0. The van der Waals surface area contributed by atoms with E-state index in [2.05, 4.69) is 201 Å². The van der Waals surface area contributed by atoms with E-state index in [-0.39, 0.29) is 5.41 Å². The summed E-state index contributed by atoms with van der Waals surface area (Å²) in [6, 6.07) is 54.6. The monoisotopic (exact) mass is 667 g/mol. The summed E-state index contributed by atoms with van der Waals surface area (Å²) in [5, 5.41) is 0. The molecule has 3 atom stereocenters. The molecule has 1 spiro atoms. The first-order valence-electron chi connectivity index (χ1n) is 18.8. The van der Waals surface area contributed by atoms with Crippen molar-refractivity contribution in [1.29, 1.82) is 0 Å². The minimum atomic E-state index is -0.323. The van der Waals surface area contributed by atoms with Gasteiger partial charge >= 0.3 is 0 Å². The maximum Gasteiger partial charge on any atom is 0.0689 e. The fourth-order valence-electron chi connectivity index (χ4n) is 9.56. The average molecular weight is 668 g/mol. The van der Waals surface area contributed by atoms with Gasteiger partial charge in [-0.05, 0) is 116 Å². The average Bonchev–Trinajstić information content (AvgIpc) is 3.66. The molecule has 6 aromatic rings. The topological polar surface area (TPSA) is 3.24 Å². The summed E-state index contributed by atoms with van der Waals surface area (Å²) < 4.78 is 0. The zero-order valence-corrected chi connectivity index (χ0v) is 29.7. The Morgan fingerprint density at radius 3 is 1.81 bits per heavy atom. The molecule has 0 radical (unpaired) electrons. The zero-order chi connectivity index (χ0) is 34.8. The number of allylic oxidation sites excluding steroid dienone is 8. The van der Waals surface area contributed by atoms with Crippen molar-refractivity contribution in [3.63, 3.8) is 0 Å². The van der Waals surface area contributed by atoms with Crippen LogP contribution in [0.15, 0.2) is 188 Å². The van der Waals surface area contributed by atoms with Gasteiger partial charge in [-0.2, -0.15) is 0 Å². The molecule has 52 heavy (non-hydrogen) atoms. The number of rotatable bonds is 5. The smallest absolute Gasteiger partial charge is 0.0689 e. The number of hydrogen-bond acceptors (Lipinski definition) is 1. The van der Waals surface area contributed by atoms with Crippen molar-refractivity contribution in [2.75, 3.05) is 4.90 Å². The maximum absolute atomic E-state index is 2.51. The third kappa shape index (κ3) is 4.62. The quantitative estimate of drug-likeness (QED) is 0.177. The standard InChI is InChI=1S/C51H41N/c1-34-20-30-45-46-31-29-41(33-50(46)51(49(45)32-34)47-18-10-8-16-43(47)44-17-9-11-19-48(44)51)52(39-25-21-37(22-26-39)36-13-4-3-5-14-36)40-27-23-38(24-28-40)42-15-7-6-12-35(42)2/h3-31,33-35,42H,32H2,1-2H3. The van der Waals surface area contributed by atoms with Crippen molar-refractivity contribution in [3.05, 3.63) is 215 Å². The van der Waals surface area contributed by atoms with E-state index in [1.165, 1.54) is 61.3 Å². The molecule has 10 rings (SSSR count). The zero-order valence-electron chi connectivity index (χ0n) is 29.7. The Balaban J connectivity index is 1.16. The number of nitrogens with zero attached hydrogens (tertiary/aromatic N) is 1. The van der Waals surface area contributed by atoms with E-state index in [1.807, 2.05) is 0 Å². The van der Waals surface area contributed by atoms with Gasteiger partial charge < -0.3 is 4.90 Å². The normalized spacial score (nSPS) is 20.1. The van der Waals surface area contributed by atoms with Crippen molar-refractivity contribution >= 4 is 22.6 Å². The van der Waals surface area contributed by atoms with Crippen LogP contribution < -0.4 is 4.90 Å². The fourth-order valence-corrected chi connectivity index (χ4v) is 9.56. The number of hydrogen-bond donors (Lipinski definition) is 0. The Kier molecular flexibility index (Phi) is 7.18. The molecule has 250 valence electrons. The van der Waals surface area contributed by atoms with Gasteiger partial charge in [-0.15, -0.1) is 0 Å². The molecular formula is C51H41N. The fraction of sp³-hybridized carbons (Fsp3) is 0.137. The SMILES string of the molecule is CC1C=CC2=C(C1)C1(c3cc(N(c4ccc(-c5ccccc5)cc4)c4ccc(C5C=CC=CC5C)cc4)ccc32)c2ccccc2-c2ccccc21. The molecule has 0 saturated heterocycles. The molecule has 1 heteroatoms. The van der Waals surface area contributed by atoms with Crippen LogP contribution >= 0.6 is 0 Å². The third-order valence-corrected chi connectivity index (χ3v) is 12.0. The van der Waals surface area contributed by atoms with Gasteiger partial charge in [0, 0.05) is 23.0 Å².